The van der Waals surface area contributed by atoms with Gasteiger partial charge in [0.2, 0.25) is 0 Å². The Labute approximate surface area is 183 Å². The van der Waals surface area contributed by atoms with E-state index in [1.807, 2.05) is 66.7 Å². The number of hydrogen-bond acceptors (Lipinski definition) is 3. The van der Waals surface area contributed by atoms with Crippen LogP contribution in [0.25, 0.3) is 33.2 Å². The number of methoxy groups -OCH3 is 1. The Morgan fingerprint density at radius 3 is 2.48 bits per heavy atom. The fourth-order valence-electron chi connectivity index (χ4n) is 3.63. The first-order valence-corrected chi connectivity index (χ1v) is 10.1. The summed E-state index contributed by atoms with van der Waals surface area (Å²) < 4.78 is 5.46. The van der Waals surface area contributed by atoms with Gasteiger partial charge in [0.25, 0.3) is 5.91 Å². The molecule has 0 saturated carbocycles. The van der Waals surface area contributed by atoms with E-state index in [9.17, 15) is 4.79 Å². The Bertz CT molecular complexity index is 1410. The van der Waals surface area contributed by atoms with Gasteiger partial charge in [-0.25, -0.2) is 4.98 Å². The maximum absolute atomic E-state index is 13.1. The highest BCUT2D eigenvalue weighted by molar-refractivity contribution is 6.33. The molecule has 0 spiro atoms. The van der Waals surface area contributed by atoms with Crippen LogP contribution in [0.15, 0.2) is 78.9 Å². The topological polar surface area (TPSA) is 67.0 Å². The zero-order chi connectivity index (χ0) is 21.4. The number of amides is 1. The van der Waals surface area contributed by atoms with Crippen LogP contribution >= 0.6 is 11.6 Å². The summed E-state index contributed by atoms with van der Waals surface area (Å²) in [6.07, 6.45) is 0. The van der Waals surface area contributed by atoms with Crippen LogP contribution in [0.4, 0.5) is 5.69 Å². The minimum absolute atomic E-state index is 0.263. The van der Waals surface area contributed by atoms with Gasteiger partial charge in [-0.05, 0) is 53.2 Å². The molecule has 0 aliphatic rings. The molecule has 5 rings (SSSR count). The van der Waals surface area contributed by atoms with E-state index < -0.39 is 0 Å². The van der Waals surface area contributed by atoms with Gasteiger partial charge in [0, 0.05) is 11.3 Å². The highest BCUT2D eigenvalue weighted by Crippen LogP contribution is 2.31. The van der Waals surface area contributed by atoms with Gasteiger partial charge < -0.3 is 15.0 Å². The van der Waals surface area contributed by atoms with Crippen molar-refractivity contribution in [3.63, 3.8) is 0 Å². The Balaban J connectivity index is 1.50. The second-order valence-electron chi connectivity index (χ2n) is 7.15. The van der Waals surface area contributed by atoms with Gasteiger partial charge >= 0.3 is 0 Å². The van der Waals surface area contributed by atoms with E-state index in [1.54, 1.807) is 19.2 Å². The zero-order valence-corrected chi connectivity index (χ0v) is 17.4. The van der Waals surface area contributed by atoms with Gasteiger partial charge in [-0.3, -0.25) is 4.79 Å². The molecule has 1 amide bonds. The molecule has 5 aromatic rings. The number of imidazole rings is 1. The lowest BCUT2D eigenvalue weighted by Crippen LogP contribution is -2.13. The minimum Gasteiger partial charge on any atom is -0.496 e. The third-order valence-electron chi connectivity index (χ3n) is 5.18. The van der Waals surface area contributed by atoms with Crippen molar-refractivity contribution in [3.8, 4) is 17.1 Å². The summed E-state index contributed by atoms with van der Waals surface area (Å²) in [5, 5.41) is 5.47. The average Bonchev–Trinajstić information content (AvgIpc) is 3.23. The number of rotatable bonds is 4. The van der Waals surface area contributed by atoms with Crippen molar-refractivity contribution in [2.75, 3.05) is 12.4 Å². The van der Waals surface area contributed by atoms with Crippen LogP contribution < -0.4 is 10.1 Å². The van der Waals surface area contributed by atoms with Crippen LogP contribution in [0.1, 0.15) is 10.4 Å². The second-order valence-corrected chi connectivity index (χ2v) is 7.56. The summed E-state index contributed by atoms with van der Waals surface area (Å²) in [4.78, 5) is 20.9. The Kier molecular flexibility index (Phi) is 4.81. The first-order chi connectivity index (χ1) is 15.1. The molecular weight excluding hydrogens is 410 g/mol. The number of carbonyl (C=O) groups is 1. The molecule has 0 bridgehead atoms. The van der Waals surface area contributed by atoms with Crippen LogP contribution in [0.5, 0.6) is 5.75 Å². The number of H-pyrrole nitrogens is 1. The lowest BCUT2D eigenvalue weighted by molar-refractivity contribution is 0.102. The highest BCUT2D eigenvalue weighted by atomic mass is 35.5. The van der Waals surface area contributed by atoms with Crippen molar-refractivity contribution in [1.29, 1.82) is 0 Å². The number of fused-ring (bicyclic) bond motifs is 2. The van der Waals surface area contributed by atoms with Crippen molar-refractivity contribution < 1.29 is 9.53 Å². The molecule has 1 aromatic heterocycles. The summed E-state index contributed by atoms with van der Waals surface area (Å²) in [6, 6.07) is 24.6. The summed E-state index contributed by atoms with van der Waals surface area (Å²) in [6.45, 7) is 0. The minimum atomic E-state index is -0.263. The van der Waals surface area contributed by atoms with E-state index in [1.165, 1.54) is 0 Å². The average molecular weight is 428 g/mol. The van der Waals surface area contributed by atoms with Gasteiger partial charge in [0.05, 0.1) is 28.7 Å². The van der Waals surface area contributed by atoms with Crippen LogP contribution in [-0.4, -0.2) is 23.0 Å². The van der Waals surface area contributed by atoms with E-state index in [4.69, 9.17) is 16.3 Å². The number of anilines is 1. The molecule has 31 heavy (non-hydrogen) atoms. The molecule has 0 atom stereocenters. The number of para-hydroxylation sites is 2. The van der Waals surface area contributed by atoms with Crippen molar-refractivity contribution in [2.24, 2.45) is 0 Å². The van der Waals surface area contributed by atoms with E-state index in [0.29, 0.717) is 33.4 Å². The Morgan fingerprint density at radius 2 is 1.71 bits per heavy atom. The predicted octanol–water partition coefficient (Wildman–Crippen LogP) is 6.30. The fourth-order valence-corrected chi connectivity index (χ4v) is 3.84. The third kappa shape index (κ3) is 3.60. The van der Waals surface area contributed by atoms with Crippen molar-refractivity contribution >= 4 is 45.0 Å². The quantitative estimate of drug-likeness (QED) is 0.354. The summed E-state index contributed by atoms with van der Waals surface area (Å²) in [5.41, 5.74) is 3.55. The second kappa shape index (κ2) is 7.78. The fraction of sp³-hybridized carbons (Fsp3) is 0.0400. The molecule has 6 heteroatoms. The van der Waals surface area contributed by atoms with E-state index >= 15 is 0 Å². The maximum Gasteiger partial charge on any atom is 0.259 e. The highest BCUT2D eigenvalue weighted by Gasteiger charge is 2.16. The molecule has 0 unspecified atom stereocenters. The van der Waals surface area contributed by atoms with Crippen LogP contribution in [0.2, 0.25) is 5.02 Å². The van der Waals surface area contributed by atoms with Crippen molar-refractivity contribution in [2.45, 2.75) is 0 Å². The number of nitrogens with one attached hydrogen (secondary N) is 2. The normalized spacial score (nSPS) is 11.0. The molecule has 4 aromatic carbocycles. The molecule has 0 saturated heterocycles. The number of halogens is 1. The number of nitrogens with zero attached hydrogens (tertiary/aromatic N) is 1. The molecule has 5 nitrogen and oxygen atoms in total. The predicted molar refractivity (Wildman–Crippen MR) is 125 cm³/mol. The molecule has 0 radical (unpaired) electrons. The third-order valence-corrected chi connectivity index (χ3v) is 5.51. The summed E-state index contributed by atoms with van der Waals surface area (Å²) >= 11 is 6.43. The molecule has 1 heterocycles. The van der Waals surface area contributed by atoms with Gasteiger partial charge in [-0.15, -0.1) is 0 Å². The van der Waals surface area contributed by atoms with E-state index in [0.717, 1.165) is 21.8 Å². The smallest absolute Gasteiger partial charge is 0.259 e. The number of benzene rings is 4. The number of hydrogen-bond donors (Lipinski definition) is 2. The summed E-state index contributed by atoms with van der Waals surface area (Å²) in [7, 11) is 1.56. The van der Waals surface area contributed by atoms with Gasteiger partial charge in [0.15, 0.2) is 0 Å². The lowest BCUT2D eigenvalue weighted by atomic mass is 10.0. The molecule has 0 aliphatic carbocycles. The first-order valence-electron chi connectivity index (χ1n) is 9.75. The largest absolute Gasteiger partial charge is 0.496 e. The lowest BCUT2D eigenvalue weighted by Gasteiger charge is -2.12. The number of ether oxygens (including phenoxy) is 1. The Morgan fingerprint density at radius 1 is 0.968 bits per heavy atom. The van der Waals surface area contributed by atoms with Crippen LogP contribution in [-0.2, 0) is 0 Å². The van der Waals surface area contributed by atoms with Crippen LogP contribution in [0, 0.1) is 0 Å². The van der Waals surface area contributed by atoms with Crippen molar-refractivity contribution in [1.82, 2.24) is 9.97 Å². The summed E-state index contributed by atoms with van der Waals surface area (Å²) in [5.74, 6) is 0.897. The Hall–Kier alpha value is -3.83. The monoisotopic (exact) mass is 427 g/mol. The van der Waals surface area contributed by atoms with E-state index in [-0.39, 0.29) is 5.91 Å². The molecule has 0 fully saturated rings. The van der Waals surface area contributed by atoms with E-state index in [2.05, 4.69) is 15.3 Å². The standard InChI is InChI=1S/C25H18ClN3O2/c1-31-23-13-16-7-3-2-6-15(16)12-19(23)25(30)27-17-10-11-20(26)18(14-17)24-28-21-8-4-5-9-22(21)29-24/h2-14H,1H3,(H,27,30)(H,28,29). The molecule has 152 valence electrons. The maximum atomic E-state index is 13.1. The van der Waals surface area contributed by atoms with Crippen LogP contribution in [0.3, 0.4) is 0 Å². The van der Waals surface area contributed by atoms with Gasteiger partial charge in [0.1, 0.15) is 11.6 Å². The zero-order valence-electron chi connectivity index (χ0n) is 16.6. The van der Waals surface area contributed by atoms with Gasteiger partial charge in [-0.2, -0.15) is 0 Å². The number of aromatic nitrogens is 2. The molecule has 0 aliphatic heterocycles. The number of aromatic amines is 1. The van der Waals surface area contributed by atoms with Crippen molar-refractivity contribution in [3.05, 3.63) is 89.4 Å². The first kappa shape index (κ1) is 19.2. The van der Waals surface area contributed by atoms with Gasteiger partial charge in [-0.1, -0.05) is 48.0 Å². The molecule has 2 N–H and O–H groups in total. The number of carbonyl (C=O) groups excluding carboxylic acids is 1. The SMILES string of the molecule is COc1cc2ccccc2cc1C(=O)Nc1ccc(Cl)c(-c2nc3ccccc3[nH]2)c1. The molecular formula is C25H18ClN3O2.